The largest absolute Gasteiger partial charge is 0.497 e. The van der Waals surface area contributed by atoms with Gasteiger partial charge in [0, 0.05) is 29.3 Å². The first-order valence-corrected chi connectivity index (χ1v) is 9.32. The number of hydrogen-bond donors (Lipinski definition) is 1. The van der Waals surface area contributed by atoms with Gasteiger partial charge in [-0.2, -0.15) is 0 Å². The quantitative estimate of drug-likeness (QED) is 0.817. The number of carbonyl (C=O) groups excluding carboxylic acids is 2. The van der Waals surface area contributed by atoms with Crippen LogP contribution >= 0.6 is 0 Å². The van der Waals surface area contributed by atoms with E-state index in [1.165, 1.54) is 0 Å². The number of esters is 1. The van der Waals surface area contributed by atoms with Crippen LogP contribution in [0.15, 0.2) is 46.8 Å². The number of nitrogens with one attached hydrogen (secondary N) is 1. The Labute approximate surface area is 160 Å². The maximum atomic E-state index is 13.1. The van der Waals surface area contributed by atoms with Crippen molar-refractivity contribution in [2.45, 2.75) is 46.5 Å². The van der Waals surface area contributed by atoms with Crippen molar-refractivity contribution in [3.8, 4) is 5.75 Å². The maximum absolute atomic E-state index is 13.1. The number of Topliss-reactive ketones (excluding diaryl/α,β-unsaturated/α-hetero) is 1. The van der Waals surface area contributed by atoms with Gasteiger partial charge in [0.1, 0.15) is 5.75 Å². The first-order chi connectivity index (χ1) is 12.8. The number of ether oxygens (including phenoxy) is 2. The zero-order chi connectivity index (χ0) is 19.8. The molecule has 2 aliphatic rings. The molecule has 1 aliphatic carbocycles. The van der Waals surface area contributed by atoms with Crippen molar-refractivity contribution in [1.29, 1.82) is 0 Å². The highest BCUT2D eigenvalue weighted by Crippen LogP contribution is 2.46. The highest BCUT2D eigenvalue weighted by Gasteiger charge is 2.43. The predicted molar refractivity (Wildman–Crippen MR) is 103 cm³/mol. The highest BCUT2D eigenvalue weighted by atomic mass is 16.5. The van der Waals surface area contributed by atoms with Crippen LogP contribution in [0.1, 0.15) is 52.0 Å². The molecule has 1 aromatic rings. The molecule has 1 aromatic carbocycles. The summed E-state index contributed by atoms with van der Waals surface area (Å²) < 4.78 is 10.6. The maximum Gasteiger partial charge on any atom is 0.336 e. The number of ketones is 1. The molecule has 0 aromatic heterocycles. The Morgan fingerprint density at radius 2 is 1.89 bits per heavy atom. The van der Waals surface area contributed by atoms with Crippen LogP contribution in [0.3, 0.4) is 0 Å². The molecule has 0 amide bonds. The lowest BCUT2D eigenvalue weighted by molar-refractivity contribution is -0.138. The van der Waals surface area contributed by atoms with E-state index in [-0.39, 0.29) is 23.8 Å². The molecule has 0 spiro atoms. The van der Waals surface area contributed by atoms with E-state index in [0.29, 0.717) is 17.6 Å². The number of dihydropyridines is 1. The monoisotopic (exact) mass is 369 g/mol. The summed E-state index contributed by atoms with van der Waals surface area (Å²) >= 11 is 0. The molecule has 5 nitrogen and oxygen atoms in total. The van der Waals surface area contributed by atoms with Crippen LogP contribution in [-0.2, 0) is 14.3 Å². The first kappa shape index (κ1) is 19.2. The summed E-state index contributed by atoms with van der Waals surface area (Å²) in [5, 5.41) is 3.33. The Hall–Kier alpha value is -2.56. The van der Waals surface area contributed by atoms with Crippen LogP contribution in [0.4, 0.5) is 0 Å². The first-order valence-electron chi connectivity index (χ1n) is 9.32. The lowest BCUT2D eigenvalue weighted by Gasteiger charge is -2.39. The number of rotatable bonds is 4. The van der Waals surface area contributed by atoms with Crippen molar-refractivity contribution in [1.82, 2.24) is 5.32 Å². The summed E-state index contributed by atoms with van der Waals surface area (Å²) in [7, 11) is 1.61. The van der Waals surface area contributed by atoms with Crippen LogP contribution in [0.2, 0.25) is 0 Å². The summed E-state index contributed by atoms with van der Waals surface area (Å²) in [5.41, 5.74) is 3.65. The molecule has 1 atom stereocenters. The van der Waals surface area contributed by atoms with E-state index in [1.807, 2.05) is 31.2 Å². The van der Waals surface area contributed by atoms with E-state index in [1.54, 1.807) is 14.0 Å². The number of benzene rings is 1. The van der Waals surface area contributed by atoms with Gasteiger partial charge in [-0.05, 0) is 43.4 Å². The van der Waals surface area contributed by atoms with Crippen molar-refractivity contribution in [2.75, 3.05) is 13.7 Å². The smallest absolute Gasteiger partial charge is 0.336 e. The lowest BCUT2D eigenvalue weighted by Crippen LogP contribution is -2.38. The molecule has 0 bridgehead atoms. The SMILES string of the molecule is CCOC(=O)C1=C(C)NC2=C(C(=O)CC(C)(C)C2)C1c1ccc(OC)cc1. The third-order valence-electron chi connectivity index (χ3n) is 5.18. The van der Waals surface area contributed by atoms with E-state index in [2.05, 4.69) is 19.2 Å². The van der Waals surface area contributed by atoms with E-state index in [4.69, 9.17) is 9.47 Å². The Balaban J connectivity index is 2.15. The average Bonchev–Trinajstić information content (AvgIpc) is 2.59. The zero-order valence-corrected chi connectivity index (χ0v) is 16.6. The normalized spacial score (nSPS) is 21.5. The van der Waals surface area contributed by atoms with E-state index in [9.17, 15) is 9.59 Å². The molecule has 3 rings (SSSR count). The van der Waals surface area contributed by atoms with Crippen molar-refractivity contribution in [3.05, 3.63) is 52.4 Å². The molecule has 144 valence electrons. The van der Waals surface area contributed by atoms with Gasteiger partial charge in [-0.3, -0.25) is 4.79 Å². The van der Waals surface area contributed by atoms with Crippen molar-refractivity contribution in [2.24, 2.45) is 5.41 Å². The number of hydrogen-bond acceptors (Lipinski definition) is 5. The standard InChI is InChI=1S/C22H27NO4/c1-6-27-21(25)18-13(2)23-16-11-22(3,4)12-17(24)20(16)19(18)14-7-9-15(26-5)10-8-14/h7-10,19,23H,6,11-12H2,1-5H3. The molecule has 27 heavy (non-hydrogen) atoms. The van der Waals surface area contributed by atoms with Gasteiger partial charge in [-0.15, -0.1) is 0 Å². The van der Waals surface area contributed by atoms with Gasteiger partial charge in [0.05, 0.1) is 19.3 Å². The van der Waals surface area contributed by atoms with Crippen molar-refractivity contribution >= 4 is 11.8 Å². The minimum atomic E-state index is -0.421. The molecule has 0 fully saturated rings. The van der Waals surface area contributed by atoms with Crippen LogP contribution in [0.5, 0.6) is 5.75 Å². The molecule has 1 aliphatic heterocycles. The van der Waals surface area contributed by atoms with Gasteiger partial charge >= 0.3 is 5.97 Å². The van der Waals surface area contributed by atoms with Gasteiger partial charge in [-0.25, -0.2) is 4.79 Å². The van der Waals surface area contributed by atoms with Crippen molar-refractivity contribution in [3.63, 3.8) is 0 Å². The molecule has 1 heterocycles. The third-order valence-corrected chi connectivity index (χ3v) is 5.18. The summed E-state index contributed by atoms with van der Waals surface area (Å²) in [4.78, 5) is 25.8. The molecule has 1 unspecified atom stereocenters. The second kappa shape index (κ2) is 7.22. The fraction of sp³-hybridized carbons (Fsp3) is 0.455. The molecular weight excluding hydrogens is 342 g/mol. The summed E-state index contributed by atoms with van der Waals surface area (Å²) in [6, 6.07) is 7.54. The third kappa shape index (κ3) is 3.64. The summed E-state index contributed by atoms with van der Waals surface area (Å²) in [6.07, 6.45) is 1.24. The van der Waals surface area contributed by atoms with Crippen LogP contribution in [0, 0.1) is 5.41 Å². The molecule has 0 saturated heterocycles. The zero-order valence-electron chi connectivity index (χ0n) is 16.6. The Morgan fingerprint density at radius 3 is 2.48 bits per heavy atom. The topological polar surface area (TPSA) is 64.6 Å². The molecule has 5 heteroatoms. The predicted octanol–water partition coefficient (Wildman–Crippen LogP) is 3.86. The Morgan fingerprint density at radius 1 is 1.22 bits per heavy atom. The Bertz CT molecular complexity index is 830. The second-order valence-corrected chi connectivity index (χ2v) is 7.92. The highest BCUT2D eigenvalue weighted by molar-refractivity contribution is 6.04. The lowest BCUT2D eigenvalue weighted by atomic mass is 9.68. The number of carbonyl (C=O) groups is 2. The van der Waals surface area contributed by atoms with E-state index >= 15 is 0 Å². The minimum Gasteiger partial charge on any atom is -0.497 e. The van der Waals surface area contributed by atoms with Crippen LogP contribution < -0.4 is 10.1 Å². The molecule has 0 saturated carbocycles. The number of methoxy groups -OCH3 is 1. The fourth-order valence-corrected chi connectivity index (χ4v) is 4.05. The summed E-state index contributed by atoms with van der Waals surface area (Å²) in [6.45, 7) is 8.14. The fourth-order valence-electron chi connectivity index (χ4n) is 4.05. The minimum absolute atomic E-state index is 0.0869. The number of allylic oxidation sites excluding steroid dienone is 3. The second-order valence-electron chi connectivity index (χ2n) is 7.92. The van der Waals surface area contributed by atoms with Crippen LogP contribution in [0.25, 0.3) is 0 Å². The summed E-state index contributed by atoms with van der Waals surface area (Å²) in [5.74, 6) is 0.0163. The molecule has 0 radical (unpaired) electrons. The molecular formula is C22H27NO4. The molecule has 1 N–H and O–H groups in total. The van der Waals surface area contributed by atoms with Gasteiger partial charge in [0.2, 0.25) is 0 Å². The Kier molecular flexibility index (Phi) is 5.13. The van der Waals surface area contributed by atoms with Gasteiger partial charge in [-0.1, -0.05) is 26.0 Å². The van der Waals surface area contributed by atoms with E-state index in [0.717, 1.165) is 29.1 Å². The van der Waals surface area contributed by atoms with Gasteiger partial charge in [0.15, 0.2) is 5.78 Å². The van der Waals surface area contributed by atoms with Gasteiger partial charge < -0.3 is 14.8 Å². The van der Waals surface area contributed by atoms with E-state index < -0.39 is 5.92 Å². The average molecular weight is 369 g/mol. The van der Waals surface area contributed by atoms with Crippen molar-refractivity contribution < 1.29 is 19.1 Å². The van der Waals surface area contributed by atoms with Gasteiger partial charge in [0.25, 0.3) is 0 Å². The van der Waals surface area contributed by atoms with Crippen LogP contribution in [-0.4, -0.2) is 25.5 Å².